The average molecular weight is 297 g/mol. The highest BCUT2D eigenvalue weighted by molar-refractivity contribution is 5.76. The molecule has 1 atom stereocenters. The molecule has 22 heavy (non-hydrogen) atoms. The molecule has 0 spiro atoms. The standard InChI is InChI=1S/C19H23NO2/c1-14-9-10-15(2)18(13-14)22-12-11-19(21)20-16(3)17-7-5-4-6-8-17/h4-10,13,16H,11-12H2,1-3H3,(H,20,21)/t16-/m1/s1. The Hall–Kier alpha value is -2.29. The molecule has 2 rings (SSSR count). The number of rotatable bonds is 6. The van der Waals surface area contributed by atoms with Crippen molar-refractivity contribution in [2.24, 2.45) is 0 Å². The molecule has 116 valence electrons. The van der Waals surface area contributed by atoms with Crippen LogP contribution >= 0.6 is 0 Å². The van der Waals surface area contributed by atoms with E-state index < -0.39 is 0 Å². The number of carbonyl (C=O) groups excluding carboxylic acids is 1. The highest BCUT2D eigenvalue weighted by atomic mass is 16.5. The van der Waals surface area contributed by atoms with Gasteiger partial charge in [-0.15, -0.1) is 0 Å². The van der Waals surface area contributed by atoms with Crippen LogP contribution in [0, 0.1) is 13.8 Å². The fourth-order valence-electron chi connectivity index (χ4n) is 2.26. The average Bonchev–Trinajstić information content (AvgIpc) is 2.51. The second kappa shape index (κ2) is 7.64. The van der Waals surface area contributed by atoms with Crippen LogP contribution in [0.5, 0.6) is 5.75 Å². The summed E-state index contributed by atoms with van der Waals surface area (Å²) < 4.78 is 5.71. The van der Waals surface area contributed by atoms with E-state index in [1.165, 1.54) is 0 Å². The van der Waals surface area contributed by atoms with Crippen LogP contribution in [0.15, 0.2) is 48.5 Å². The predicted molar refractivity (Wildman–Crippen MR) is 89.0 cm³/mol. The summed E-state index contributed by atoms with van der Waals surface area (Å²) in [5, 5.41) is 2.99. The summed E-state index contributed by atoms with van der Waals surface area (Å²) in [7, 11) is 0. The van der Waals surface area contributed by atoms with Gasteiger partial charge in [-0.3, -0.25) is 4.79 Å². The van der Waals surface area contributed by atoms with Crippen molar-refractivity contribution >= 4 is 5.91 Å². The fourth-order valence-corrected chi connectivity index (χ4v) is 2.26. The summed E-state index contributed by atoms with van der Waals surface area (Å²) in [5.41, 5.74) is 3.35. The van der Waals surface area contributed by atoms with Gasteiger partial charge in [0.2, 0.25) is 5.91 Å². The molecule has 0 aliphatic rings. The molecule has 0 saturated carbocycles. The molecule has 0 aromatic heterocycles. The Morgan fingerprint density at radius 3 is 2.59 bits per heavy atom. The van der Waals surface area contributed by atoms with Gasteiger partial charge >= 0.3 is 0 Å². The van der Waals surface area contributed by atoms with E-state index in [1.807, 2.05) is 63.2 Å². The SMILES string of the molecule is Cc1ccc(C)c(OCCC(=O)N[C@H](C)c2ccccc2)c1. The van der Waals surface area contributed by atoms with Gasteiger partial charge in [0, 0.05) is 0 Å². The lowest BCUT2D eigenvalue weighted by Crippen LogP contribution is -2.27. The topological polar surface area (TPSA) is 38.3 Å². The van der Waals surface area contributed by atoms with Crippen molar-refractivity contribution in [1.29, 1.82) is 0 Å². The minimum absolute atomic E-state index is 0.00154. The molecule has 0 saturated heterocycles. The Labute approximate surface area is 132 Å². The van der Waals surface area contributed by atoms with E-state index in [-0.39, 0.29) is 11.9 Å². The lowest BCUT2D eigenvalue weighted by atomic mass is 10.1. The summed E-state index contributed by atoms with van der Waals surface area (Å²) in [4.78, 5) is 12.0. The smallest absolute Gasteiger partial charge is 0.223 e. The molecular formula is C19H23NO2. The highest BCUT2D eigenvalue weighted by Crippen LogP contribution is 2.19. The van der Waals surface area contributed by atoms with Crippen molar-refractivity contribution in [2.75, 3.05) is 6.61 Å². The van der Waals surface area contributed by atoms with Crippen molar-refractivity contribution in [3.8, 4) is 5.75 Å². The van der Waals surface area contributed by atoms with E-state index in [1.54, 1.807) is 0 Å². The third-order valence-corrected chi connectivity index (χ3v) is 3.61. The molecule has 3 nitrogen and oxygen atoms in total. The van der Waals surface area contributed by atoms with Crippen molar-refractivity contribution in [3.63, 3.8) is 0 Å². The maximum Gasteiger partial charge on any atom is 0.223 e. The quantitative estimate of drug-likeness (QED) is 0.876. The maximum atomic E-state index is 12.0. The third kappa shape index (κ3) is 4.62. The number of carbonyl (C=O) groups is 1. The van der Waals surface area contributed by atoms with Crippen LogP contribution in [0.1, 0.15) is 36.1 Å². The van der Waals surface area contributed by atoms with Gasteiger partial charge in [-0.2, -0.15) is 0 Å². The number of benzene rings is 2. The van der Waals surface area contributed by atoms with Crippen LogP contribution in [0.4, 0.5) is 0 Å². The Balaban J connectivity index is 1.79. The van der Waals surface area contributed by atoms with Gasteiger partial charge in [-0.05, 0) is 43.5 Å². The first-order chi connectivity index (χ1) is 10.6. The number of aryl methyl sites for hydroxylation is 2. The minimum Gasteiger partial charge on any atom is -0.493 e. The summed E-state index contributed by atoms with van der Waals surface area (Å²) in [5.74, 6) is 0.852. The van der Waals surface area contributed by atoms with Crippen molar-refractivity contribution in [2.45, 2.75) is 33.2 Å². The summed E-state index contributed by atoms with van der Waals surface area (Å²) >= 11 is 0. The molecule has 0 unspecified atom stereocenters. The molecule has 1 amide bonds. The number of nitrogens with one attached hydrogen (secondary N) is 1. The van der Waals surface area contributed by atoms with E-state index in [4.69, 9.17) is 4.74 Å². The predicted octanol–water partition coefficient (Wildman–Crippen LogP) is 3.95. The number of hydrogen-bond donors (Lipinski definition) is 1. The zero-order valence-electron chi connectivity index (χ0n) is 13.4. The van der Waals surface area contributed by atoms with Crippen LogP contribution in [0.2, 0.25) is 0 Å². The molecule has 0 aliphatic carbocycles. The molecule has 0 aliphatic heterocycles. The van der Waals surface area contributed by atoms with Gasteiger partial charge in [-0.25, -0.2) is 0 Å². The monoisotopic (exact) mass is 297 g/mol. The molecule has 2 aromatic rings. The van der Waals surface area contributed by atoms with Gasteiger partial charge in [0.1, 0.15) is 5.75 Å². The lowest BCUT2D eigenvalue weighted by Gasteiger charge is -2.15. The van der Waals surface area contributed by atoms with Crippen LogP contribution in [0.25, 0.3) is 0 Å². The van der Waals surface area contributed by atoms with Crippen LogP contribution in [-0.2, 0) is 4.79 Å². The third-order valence-electron chi connectivity index (χ3n) is 3.61. The summed E-state index contributed by atoms with van der Waals surface area (Å²) in [6, 6.07) is 16.0. The molecule has 3 heteroatoms. The highest BCUT2D eigenvalue weighted by Gasteiger charge is 2.09. The molecule has 0 heterocycles. The number of hydrogen-bond acceptors (Lipinski definition) is 2. The maximum absolute atomic E-state index is 12.0. The van der Waals surface area contributed by atoms with E-state index in [0.717, 1.165) is 22.4 Å². The number of ether oxygens (including phenoxy) is 1. The normalized spacial score (nSPS) is 11.8. The molecule has 0 radical (unpaired) electrons. The van der Waals surface area contributed by atoms with Crippen LogP contribution < -0.4 is 10.1 Å². The van der Waals surface area contributed by atoms with Crippen molar-refractivity contribution < 1.29 is 9.53 Å². The summed E-state index contributed by atoms with van der Waals surface area (Å²) in [6.07, 6.45) is 0.352. The second-order valence-electron chi connectivity index (χ2n) is 5.57. The lowest BCUT2D eigenvalue weighted by molar-refractivity contribution is -0.122. The summed E-state index contributed by atoms with van der Waals surface area (Å²) in [6.45, 7) is 6.41. The Kier molecular flexibility index (Phi) is 5.59. The number of amides is 1. The largest absolute Gasteiger partial charge is 0.493 e. The minimum atomic E-state index is 0.00154. The van der Waals surface area contributed by atoms with Gasteiger partial charge in [0.05, 0.1) is 19.1 Å². The molecule has 1 N–H and O–H groups in total. The first-order valence-corrected chi connectivity index (χ1v) is 7.60. The van der Waals surface area contributed by atoms with Crippen LogP contribution in [0.3, 0.4) is 0 Å². The first-order valence-electron chi connectivity index (χ1n) is 7.60. The zero-order valence-corrected chi connectivity index (χ0v) is 13.4. The van der Waals surface area contributed by atoms with Crippen LogP contribution in [-0.4, -0.2) is 12.5 Å². The Morgan fingerprint density at radius 2 is 1.86 bits per heavy atom. The van der Waals surface area contributed by atoms with Gasteiger partial charge in [0.25, 0.3) is 0 Å². The van der Waals surface area contributed by atoms with Gasteiger partial charge in [0.15, 0.2) is 0 Å². The van der Waals surface area contributed by atoms with Gasteiger partial charge < -0.3 is 10.1 Å². The molecule has 0 bridgehead atoms. The fraction of sp³-hybridized carbons (Fsp3) is 0.316. The van der Waals surface area contributed by atoms with E-state index in [9.17, 15) is 4.79 Å². The van der Waals surface area contributed by atoms with E-state index >= 15 is 0 Å². The van der Waals surface area contributed by atoms with E-state index in [0.29, 0.717) is 13.0 Å². The first kappa shape index (κ1) is 16.1. The van der Waals surface area contributed by atoms with E-state index in [2.05, 4.69) is 11.4 Å². The Morgan fingerprint density at radius 1 is 1.14 bits per heavy atom. The second-order valence-corrected chi connectivity index (χ2v) is 5.57. The Bertz CT molecular complexity index is 623. The van der Waals surface area contributed by atoms with Crippen molar-refractivity contribution in [3.05, 3.63) is 65.2 Å². The molecule has 0 fully saturated rings. The zero-order chi connectivity index (χ0) is 15.9. The molecule has 2 aromatic carbocycles. The van der Waals surface area contributed by atoms with Crippen molar-refractivity contribution in [1.82, 2.24) is 5.32 Å². The van der Waals surface area contributed by atoms with Gasteiger partial charge in [-0.1, -0.05) is 42.5 Å². The molecular weight excluding hydrogens is 274 g/mol.